The molecule has 0 fully saturated rings. The van der Waals surface area contributed by atoms with Crippen LogP contribution < -0.4 is 5.73 Å². The average molecular weight is 342 g/mol. The maximum atomic E-state index is 9.87. The highest BCUT2D eigenvalue weighted by atomic mass is 16.3. The van der Waals surface area contributed by atoms with Crippen molar-refractivity contribution in [2.24, 2.45) is 11.7 Å². The molecule has 2 heteroatoms. The number of aliphatic hydroxyl groups excluding tert-OH is 1. The Morgan fingerprint density at radius 1 is 0.708 bits per heavy atom. The Kier molecular flexibility index (Phi) is 15.1. The van der Waals surface area contributed by atoms with Crippen molar-refractivity contribution in [3.8, 4) is 0 Å². The van der Waals surface area contributed by atoms with Crippen LogP contribution in [-0.2, 0) is 0 Å². The largest absolute Gasteiger partial charge is 0.393 e. The van der Waals surface area contributed by atoms with Gasteiger partial charge in [0.05, 0.1) is 6.10 Å². The van der Waals surface area contributed by atoms with Crippen LogP contribution in [0.1, 0.15) is 124 Å². The molecule has 0 rings (SSSR count). The fourth-order valence-corrected chi connectivity index (χ4v) is 3.79. The Morgan fingerprint density at radius 2 is 1.04 bits per heavy atom. The second kappa shape index (κ2) is 15.2. The van der Waals surface area contributed by atoms with E-state index >= 15 is 0 Å². The molecule has 0 saturated carbocycles. The fourth-order valence-electron chi connectivity index (χ4n) is 3.79. The predicted octanol–water partition coefficient (Wildman–Crippen LogP) is 6.59. The van der Waals surface area contributed by atoms with Gasteiger partial charge in [0.15, 0.2) is 0 Å². The Labute approximate surface area is 153 Å². The van der Waals surface area contributed by atoms with Crippen LogP contribution in [0.25, 0.3) is 0 Å². The van der Waals surface area contributed by atoms with Crippen molar-refractivity contribution in [3.63, 3.8) is 0 Å². The molecule has 2 nitrogen and oxygen atoms in total. The van der Waals surface area contributed by atoms with Crippen LogP contribution in [0.2, 0.25) is 0 Å². The van der Waals surface area contributed by atoms with Crippen LogP contribution in [-0.4, -0.2) is 16.7 Å². The Hall–Kier alpha value is -0.0800. The Morgan fingerprint density at radius 3 is 1.33 bits per heavy atom. The third kappa shape index (κ3) is 14.3. The van der Waals surface area contributed by atoms with E-state index in [-0.39, 0.29) is 17.6 Å². The normalized spacial score (nSPS) is 14.8. The molecular weight excluding hydrogens is 294 g/mol. The Balaban J connectivity index is 3.33. The van der Waals surface area contributed by atoms with Gasteiger partial charge >= 0.3 is 0 Å². The minimum absolute atomic E-state index is 0.217. The second-order valence-electron chi connectivity index (χ2n) is 8.55. The fraction of sp³-hybridized carbons (Fsp3) is 1.00. The third-order valence-electron chi connectivity index (χ3n) is 5.41. The van der Waals surface area contributed by atoms with Crippen molar-refractivity contribution < 1.29 is 5.11 Å². The van der Waals surface area contributed by atoms with Crippen molar-refractivity contribution >= 4 is 0 Å². The highest BCUT2D eigenvalue weighted by Gasteiger charge is 2.28. The summed E-state index contributed by atoms with van der Waals surface area (Å²) < 4.78 is 0. The van der Waals surface area contributed by atoms with Gasteiger partial charge in [-0.25, -0.2) is 0 Å². The summed E-state index contributed by atoms with van der Waals surface area (Å²) in [6.45, 7) is 8.23. The summed E-state index contributed by atoms with van der Waals surface area (Å²) >= 11 is 0. The lowest BCUT2D eigenvalue weighted by Crippen LogP contribution is -2.45. The van der Waals surface area contributed by atoms with Gasteiger partial charge in [-0.2, -0.15) is 0 Å². The molecule has 0 radical (unpaired) electrons. The average Bonchev–Trinajstić information content (AvgIpc) is 2.49. The molecule has 2 atom stereocenters. The van der Waals surface area contributed by atoms with Gasteiger partial charge in [0, 0.05) is 11.5 Å². The summed E-state index contributed by atoms with van der Waals surface area (Å²) in [7, 11) is 0. The van der Waals surface area contributed by atoms with Gasteiger partial charge in [0.2, 0.25) is 0 Å². The van der Waals surface area contributed by atoms with Crippen LogP contribution >= 0.6 is 0 Å². The highest BCUT2D eigenvalue weighted by molar-refractivity contribution is 4.85. The SMILES string of the molecule is CCCCCCCCCCCCCCCCC(C(C)O)C(C)(C)N. The van der Waals surface area contributed by atoms with E-state index in [9.17, 15) is 5.11 Å². The third-order valence-corrected chi connectivity index (χ3v) is 5.41. The number of unbranched alkanes of at least 4 members (excludes halogenated alkanes) is 13. The molecule has 0 amide bonds. The first-order valence-electron chi connectivity index (χ1n) is 10.9. The highest BCUT2D eigenvalue weighted by Crippen LogP contribution is 2.24. The summed E-state index contributed by atoms with van der Waals surface area (Å²) in [5.41, 5.74) is 5.90. The first-order valence-corrected chi connectivity index (χ1v) is 10.9. The van der Waals surface area contributed by atoms with Gasteiger partial charge in [0.25, 0.3) is 0 Å². The van der Waals surface area contributed by atoms with E-state index in [4.69, 9.17) is 5.73 Å². The number of hydrogen-bond acceptors (Lipinski definition) is 2. The van der Waals surface area contributed by atoms with Crippen molar-refractivity contribution in [3.05, 3.63) is 0 Å². The molecule has 0 saturated heterocycles. The maximum absolute atomic E-state index is 9.87. The molecule has 146 valence electrons. The predicted molar refractivity (Wildman–Crippen MR) is 108 cm³/mol. The molecule has 24 heavy (non-hydrogen) atoms. The molecule has 0 aromatic carbocycles. The van der Waals surface area contributed by atoms with Gasteiger partial charge in [0.1, 0.15) is 0 Å². The van der Waals surface area contributed by atoms with Crippen LogP contribution in [0.3, 0.4) is 0 Å². The van der Waals surface area contributed by atoms with Gasteiger partial charge in [-0.3, -0.25) is 0 Å². The monoisotopic (exact) mass is 341 g/mol. The lowest BCUT2D eigenvalue weighted by atomic mass is 9.81. The van der Waals surface area contributed by atoms with E-state index in [2.05, 4.69) is 6.92 Å². The quantitative estimate of drug-likeness (QED) is 0.293. The maximum Gasteiger partial charge on any atom is 0.0557 e. The molecule has 0 aromatic heterocycles. The summed E-state index contributed by atoms with van der Waals surface area (Å²) in [6.07, 6.45) is 20.2. The molecule has 0 spiro atoms. The van der Waals surface area contributed by atoms with Crippen molar-refractivity contribution in [2.45, 2.75) is 136 Å². The zero-order chi connectivity index (χ0) is 18.3. The van der Waals surface area contributed by atoms with E-state index in [1.807, 2.05) is 20.8 Å². The van der Waals surface area contributed by atoms with Gasteiger partial charge in [-0.15, -0.1) is 0 Å². The molecule has 0 bridgehead atoms. The molecular formula is C22H47NO. The lowest BCUT2D eigenvalue weighted by Gasteiger charge is -2.33. The zero-order valence-corrected chi connectivity index (χ0v) is 17.3. The van der Waals surface area contributed by atoms with Gasteiger partial charge in [-0.1, -0.05) is 96.8 Å². The first kappa shape index (κ1) is 23.9. The summed E-state index contributed by atoms with van der Waals surface area (Å²) in [6, 6.07) is 0. The van der Waals surface area contributed by atoms with Gasteiger partial charge in [-0.05, 0) is 27.2 Å². The van der Waals surface area contributed by atoms with Gasteiger partial charge < -0.3 is 10.8 Å². The summed E-state index contributed by atoms with van der Waals surface area (Å²) in [5.74, 6) is 0.217. The van der Waals surface area contributed by atoms with E-state index < -0.39 is 0 Å². The van der Waals surface area contributed by atoms with E-state index in [0.29, 0.717) is 0 Å². The lowest BCUT2D eigenvalue weighted by molar-refractivity contribution is 0.0771. The summed E-state index contributed by atoms with van der Waals surface area (Å²) in [5, 5.41) is 9.87. The van der Waals surface area contributed by atoms with Crippen LogP contribution in [0.4, 0.5) is 0 Å². The molecule has 0 aromatic rings. The standard InChI is InChI=1S/C22H47NO/c1-5-6-7-8-9-10-11-12-13-14-15-16-17-18-19-21(20(2)24)22(3,4)23/h20-21,24H,5-19,23H2,1-4H3. The number of rotatable bonds is 17. The second-order valence-corrected chi connectivity index (χ2v) is 8.55. The van der Waals surface area contributed by atoms with Crippen LogP contribution in [0.15, 0.2) is 0 Å². The van der Waals surface area contributed by atoms with Crippen molar-refractivity contribution in [2.75, 3.05) is 0 Å². The zero-order valence-electron chi connectivity index (χ0n) is 17.3. The minimum atomic E-state index is -0.299. The molecule has 0 aliphatic carbocycles. The van der Waals surface area contributed by atoms with Crippen molar-refractivity contribution in [1.29, 1.82) is 0 Å². The van der Waals surface area contributed by atoms with E-state index in [1.165, 1.54) is 89.9 Å². The number of hydrogen-bond donors (Lipinski definition) is 2. The molecule has 0 heterocycles. The topological polar surface area (TPSA) is 46.2 Å². The first-order chi connectivity index (χ1) is 11.4. The molecule has 3 N–H and O–H groups in total. The number of aliphatic hydroxyl groups is 1. The van der Waals surface area contributed by atoms with E-state index in [0.717, 1.165) is 6.42 Å². The van der Waals surface area contributed by atoms with Crippen molar-refractivity contribution in [1.82, 2.24) is 0 Å². The smallest absolute Gasteiger partial charge is 0.0557 e. The number of nitrogens with two attached hydrogens (primary N) is 1. The van der Waals surface area contributed by atoms with Crippen LogP contribution in [0.5, 0.6) is 0 Å². The van der Waals surface area contributed by atoms with E-state index in [1.54, 1.807) is 0 Å². The summed E-state index contributed by atoms with van der Waals surface area (Å²) in [4.78, 5) is 0. The Bertz CT molecular complexity index is 257. The van der Waals surface area contributed by atoms with Crippen LogP contribution in [0, 0.1) is 5.92 Å². The molecule has 2 unspecified atom stereocenters. The molecule has 0 aliphatic heterocycles. The minimum Gasteiger partial charge on any atom is -0.393 e. The molecule has 0 aliphatic rings.